The highest BCUT2D eigenvalue weighted by Crippen LogP contribution is 2.18. The molecule has 6 nitrogen and oxygen atoms in total. The van der Waals surface area contributed by atoms with Gasteiger partial charge in [0.2, 0.25) is 0 Å². The van der Waals surface area contributed by atoms with Crippen molar-refractivity contribution >= 4 is 50.1 Å². The van der Waals surface area contributed by atoms with E-state index in [4.69, 9.17) is 12.2 Å². The number of fused-ring (bicyclic) bond motifs is 1. The predicted molar refractivity (Wildman–Crippen MR) is 103 cm³/mol. The van der Waals surface area contributed by atoms with Gasteiger partial charge in [0.25, 0.3) is 0 Å². The van der Waals surface area contributed by atoms with E-state index in [9.17, 15) is 0 Å². The number of aryl methyl sites for hydroxylation is 2. The fourth-order valence-corrected chi connectivity index (χ4v) is 2.85. The number of pyridine rings is 1. The van der Waals surface area contributed by atoms with Crippen LogP contribution >= 0.6 is 28.1 Å². The lowest BCUT2D eigenvalue weighted by molar-refractivity contribution is 0.597. The SMILES string of the molecule is Cc1cc2nnn(CCNC(=S)Nc3ncccc3Br)c2cc1C. The maximum absolute atomic E-state index is 5.30. The quantitative estimate of drug-likeness (QED) is 0.650. The number of halogens is 1. The fourth-order valence-electron chi connectivity index (χ4n) is 2.29. The maximum atomic E-state index is 5.30. The predicted octanol–water partition coefficient (Wildman–Crippen LogP) is 3.19. The van der Waals surface area contributed by atoms with E-state index in [1.165, 1.54) is 11.1 Å². The Morgan fingerprint density at radius 3 is 2.88 bits per heavy atom. The number of rotatable bonds is 4. The molecule has 0 aliphatic carbocycles. The highest BCUT2D eigenvalue weighted by Gasteiger charge is 2.07. The summed E-state index contributed by atoms with van der Waals surface area (Å²) in [6.07, 6.45) is 1.71. The standard InChI is InChI=1S/C16H17BrN6S/c1-10-8-13-14(9-11(10)2)23(22-21-13)7-6-19-16(24)20-15-12(17)4-3-5-18-15/h3-5,8-9H,6-7H2,1-2H3,(H2,18,19,20,24). The number of aromatic nitrogens is 4. The van der Waals surface area contributed by atoms with Crippen LogP contribution in [0.2, 0.25) is 0 Å². The first kappa shape index (κ1) is 16.8. The van der Waals surface area contributed by atoms with Crippen molar-refractivity contribution in [3.8, 4) is 0 Å². The minimum Gasteiger partial charge on any atom is -0.361 e. The topological polar surface area (TPSA) is 67.7 Å². The molecular formula is C16H17BrN6S. The van der Waals surface area contributed by atoms with Gasteiger partial charge in [0.15, 0.2) is 5.11 Å². The Morgan fingerprint density at radius 1 is 1.29 bits per heavy atom. The van der Waals surface area contributed by atoms with Crippen molar-refractivity contribution in [3.05, 3.63) is 46.1 Å². The number of thiocarbonyl (C=S) groups is 1. The van der Waals surface area contributed by atoms with Gasteiger partial charge in [-0.3, -0.25) is 0 Å². The van der Waals surface area contributed by atoms with E-state index in [2.05, 4.69) is 67.8 Å². The molecule has 0 bridgehead atoms. The second-order valence-corrected chi connectivity index (χ2v) is 6.72. The fraction of sp³-hybridized carbons (Fsp3) is 0.250. The molecule has 3 rings (SSSR count). The number of hydrogen-bond acceptors (Lipinski definition) is 4. The van der Waals surface area contributed by atoms with Crippen molar-refractivity contribution in [3.63, 3.8) is 0 Å². The van der Waals surface area contributed by atoms with Crippen LogP contribution in [-0.2, 0) is 6.54 Å². The third kappa shape index (κ3) is 3.70. The third-order valence-corrected chi connectivity index (χ3v) is 4.62. The maximum Gasteiger partial charge on any atom is 0.172 e. The van der Waals surface area contributed by atoms with Gasteiger partial charge in [-0.15, -0.1) is 5.10 Å². The minimum atomic E-state index is 0.519. The zero-order valence-corrected chi connectivity index (χ0v) is 15.8. The number of nitrogens with one attached hydrogen (secondary N) is 2. The molecule has 0 spiro atoms. The van der Waals surface area contributed by atoms with Gasteiger partial charge in [0.05, 0.1) is 16.5 Å². The molecule has 0 unspecified atom stereocenters. The van der Waals surface area contributed by atoms with Crippen LogP contribution in [0.5, 0.6) is 0 Å². The first-order valence-electron chi connectivity index (χ1n) is 7.50. The van der Waals surface area contributed by atoms with Crippen molar-refractivity contribution in [2.75, 3.05) is 11.9 Å². The average molecular weight is 405 g/mol. The molecule has 8 heteroatoms. The summed E-state index contributed by atoms with van der Waals surface area (Å²) in [7, 11) is 0. The van der Waals surface area contributed by atoms with Crippen LogP contribution in [0, 0.1) is 13.8 Å². The summed E-state index contributed by atoms with van der Waals surface area (Å²) in [5, 5.41) is 15.2. The summed E-state index contributed by atoms with van der Waals surface area (Å²) in [6.45, 7) is 5.48. The summed E-state index contributed by atoms with van der Waals surface area (Å²) in [4.78, 5) is 4.22. The Morgan fingerprint density at radius 2 is 2.08 bits per heavy atom. The lowest BCUT2D eigenvalue weighted by Gasteiger charge is -2.11. The van der Waals surface area contributed by atoms with Crippen LogP contribution in [0.1, 0.15) is 11.1 Å². The normalized spacial score (nSPS) is 10.8. The van der Waals surface area contributed by atoms with Gasteiger partial charge in [-0.2, -0.15) is 0 Å². The van der Waals surface area contributed by atoms with Crippen molar-refractivity contribution in [2.45, 2.75) is 20.4 Å². The van der Waals surface area contributed by atoms with Crippen LogP contribution in [0.4, 0.5) is 5.82 Å². The summed E-state index contributed by atoms with van der Waals surface area (Å²) in [6, 6.07) is 7.94. The molecule has 3 aromatic rings. The largest absolute Gasteiger partial charge is 0.361 e. The number of nitrogens with zero attached hydrogens (tertiary/aromatic N) is 4. The summed E-state index contributed by atoms with van der Waals surface area (Å²) in [5.41, 5.74) is 4.40. The van der Waals surface area contributed by atoms with Gasteiger partial charge < -0.3 is 10.6 Å². The third-order valence-electron chi connectivity index (χ3n) is 3.73. The second-order valence-electron chi connectivity index (χ2n) is 5.45. The molecule has 0 aliphatic rings. The molecular weight excluding hydrogens is 388 g/mol. The summed E-state index contributed by atoms with van der Waals surface area (Å²) < 4.78 is 2.75. The summed E-state index contributed by atoms with van der Waals surface area (Å²) >= 11 is 8.73. The lowest BCUT2D eigenvalue weighted by atomic mass is 10.1. The van der Waals surface area contributed by atoms with E-state index in [1.54, 1.807) is 6.20 Å². The molecule has 2 aromatic heterocycles. The van der Waals surface area contributed by atoms with E-state index in [-0.39, 0.29) is 0 Å². The first-order chi connectivity index (χ1) is 11.5. The minimum absolute atomic E-state index is 0.519. The molecule has 0 saturated heterocycles. The molecule has 1 aromatic carbocycles. The molecule has 2 heterocycles. The van der Waals surface area contributed by atoms with Crippen molar-refractivity contribution in [1.29, 1.82) is 0 Å². The monoisotopic (exact) mass is 404 g/mol. The molecule has 24 heavy (non-hydrogen) atoms. The Kier molecular flexibility index (Phi) is 5.06. The molecule has 0 amide bonds. The van der Waals surface area contributed by atoms with Crippen LogP contribution in [-0.4, -0.2) is 31.6 Å². The number of benzene rings is 1. The first-order valence-corrected chi connectivity index (χ1v) is 8.70. The van der Waals surface area contributed by atoms with Crippen LogP contribution in [0.3, 0.4) is 0 Å². The molecule has 0 fully saturated rings. The van der Waals surface area contributed by atoms with Crippen LogP contribution in [0.25, 0.3) is 11.0 Å². The Hall–Kier alpha value is -2.06. The zero-order chi connectivity index (χ0) is 17.1. The van der Waals surface area contributed by atoms with Gasteiger partial charge in [-0.05, 0) is 77.4 Å². The molecule has 124 valence electrons. The number of anilines is 1. The van der Waals surface area contributed by atoms with E-state index in [0.717, 1.165) is 15.5 Å². The molecule has 0 saturated carbocycles. The van der Waals surface area contributed by atoms with Gasteiger partial charge in [0.1, 0.15) is 11.3 Å². The zero-order valence-electron chi connectivity index (χ0n) is 13.4. The van der Waals surface area contributed by atoms with Gasteiger partial charge in [0, 0.05) is 12.7 Å². The van der Waals surface area contributed by atoms with E-state index < -0.39 is 0 Å². The van der Waals surface area contributed by atoms with E-state index in [0.29, 0.717) is 24.0 Å². The Labute approximate surface area is 153 Å². The highest BCUT2D eigenvalue weighted by atomic mass is 79.9. The van der Waals surface area contributed by atoms with Gasteiger partial charge >= 0.3 is 0 Å². The molecule has 0 aliphatic heterocycles. The lowest BCUT2D eigenvalue weighted by Crippen LogP contribution is -2.31. The van der Waals surface area contributed by atoms with E-state index >= 15 is 0 Å². The highest BCUT2D eigenvalue weighted by molar-refractivity contribution is 9.10. The smallest absolute Gasteiger partial charge is 0.172 e. The van der Waals surface area contributed by atoms with E-state index in [1.807, 2.05) is 16.8 Å². The number of hydrogen-bond donors (Lipinski definition) is 2. The molecule has 0 atom stereocenters. The van der Waals surface area contributed by atoms with Gasteiger partial charge in [-0.25, -0.2) is 9.67 Å². The molecule has 0 radical (unpaired) electrons. The van der Waals surface area contributed by atoms with Gasteiger partial charge in [-0.1, -0.05) is 5.21 Å². The van der Waals surface area contributed by atoms with Crippen molar-refractivity contribution in [2.24, 2.45) is 0 Å². The second kappa shape index (κ2) is 7.23. The molecule has 2 N–H and O–H groups in total. The average Bonchev–Trinajstić information content (AvgIpc) is 2.92. The van der Waals surface area contributed by atoms with Crippen molar-refractivity contribution in [1.82, 2.24) is 25.3 Å². The van der Waals surface area contributed by atoms with Crippen LogP contribution in [0.15, 0.2) is 34.9 Å². The van der Waals surface area contributed by atoms with Crippen molar-refractivity contribution < 1.29 is 0 Å². The summed E-state index contributed by atoms with van der Waals surface area (Å²) in [5.74, 6) is 0.687. The Bertz CT molecular complexity index is 891. The Balaban J connectivity index is 1.59. The van der Waals surface area contributed by atoms with Crippen LogP contribution < -0.4 is 10.6 Å².